The lowest BCUT2D eigenvalue weighted by atomic mass is 9.90. The van der Waals surface area contributed by atoms with E-state index in [1.807, 2.05) is 0 Å². The second-order valence-corrected chi connectivity index (χ2v) is 6.32. The Morgan fingerprint density at radius 2 is 1.95 bits per heavy atom. The molecule has 0 aromatic carbocycles. The van der Waals surface area contributed by atoms with Crippen LogP contribution in [0.25, 0.3) is 0 Å². The molecule has 2 aliphatic carbocycles. The molecule has 0 saturated heterocycles. The van der Waals surface area contributed by atoms with Crippen molar-refractivity contribution in [3.05, 3.63) is 69.9 Å². The van der Waals surface area contributed by atoms with Gasteiger partial charge in [0.2, 0.25) is 0 Å². The first-order chi connectivity index (χ1) is 10.1. The van der Waals surface area contributed by atoms with Crippen LogP contribution in [0.1, 0.15) is 59.8 Å². The van der Waals surface area contributed by atoms with Gasteiger partial charge in [-0.25, -0.2) is 0 Å². The Morgan fingerprint density at radius 3 is 2.57 bits per heavy atom. The van der Waals surface area contributed by atoms with Crippen molar-refractivity contribution in [1.29, 1.82) is 0 Å². The first-order valence-corrected chi connectivity index (χ1v) is 8.15. The van der Waals surface area contributed by atoms with Crippen LogP contribution < -0.4 is 0 Å². The molecule has 112 valence electrons. The van der Waals surface area contributed by atoms with Crippen LogP contribution >= 0.6 is 0 Å². The molecule has 0 nitrogen and oxygen atoms in total. The minimum Gasteiger partial charge on any atom is -0.0841 e. The van der Waals surface area contributed by atoms with Crippen LogP contribution in [0.2, 0.25) is 0 Å². The maximum atomic E-state index is 2.33. The Bertz CT molecular complexity index is 571. The summed E-state index contributed by atoms with van der Waals surface area (Å²) in [4.78, 5) is 0. The molecule has 0 heterocycles. The van der Waals surface area contributed by atoms with Gasteiger partial charge in [-0.2, -0.15) is 0 Å². The molecule has 0 aliphatic heterocycles. The van der Waals surface area contributed by atoms with E-state index in [1.54, 1.807) is 16.7 Å². The van der Waals surface area contributed by atoms with E-state index in [9.17, 15) is 0 Å². The summed E-state index contributed by atoms with van der Waals surface area (Å²) in [5, 5.41) is 0. The van der Waals surface area contributed by atoms with Crippen LogP contribution in [0.15, 0.2) is 69.9 Å². The van der Waals surface area contributed by atoms with Crippen molar-refractivity contribution in [3.8, 4) is 0 Å². The second-order valence-electron chi connectivity index (χ2n) is 6.32. The molecule has 0 fully saturated rings. The fourth-order valence-corrected chi connectivity index (χ4v) is 2.98. The topological polar surface area (TPSA) is 0 Å². The Balaban J connectivity index is 1.87. The zero-order valence-corrected chi connectivity index (χ0v) is 14.0. The number of rotatable bonds is 4. The van der Waals surface area contributed by atoms with E-state index in [0.29, 0.717) is 0 Å². The fourth-order valence-electron chi connectivity index (χ4n) is 2.98. The quantitative estimate of drug-likeness (QED) is 0.544. The van der Waals surface area contributed by atoms with Crippen LogP contribution in [-0.4, -0.2) is 0 Å². The third kappa shape index (κ3) is 4.46. The molecule has 0 N–H and O–H groups in total. The van der Waals surface area contributed by atoms with Crippen molar-refractivity contribution in [2.24, 2.45) is 0 Å². The Labute approximate surface area is 130 Å². The maximum absolute atomic E-state index is 2.33. The molecule has 0 aromatic heterocycles. The van der Waals surface area contributed by atoms with Gasteiger partial charge in [0.1, 0.15) is 0 Å². The van der Waals surface area contributed by atoms with Gasteiger partial charge in [0.25, 0.3) is 0 Å². The van der Waals surface area contributed by atoms with E-state index in [4.69, 9.17) is 0 Å². The fraction of sp³-hybridized carbons (Fsp3) is 0.429. The molecule has 0 saturated carbocycles. The summed E-state index contributed by atoms with van der Waals surface area (Å²) in [6, 6.07) is 0. The highest BCUT2D eigenvalue weighted by Crippen LogP contribution is 2.27. The standard InChI is InChI=1S/C21H28/c1-5-19-11-14-20(18(4)15-19)8-6-7-17(3)21-12-9-16(2)10-13-21/h5,9-12,14H,6-8,13,15H2,1-4H3/b19-5+,21-17+. The highest BCUT2D eigenvalue weighted by molar-refractivity contribution is 5.40. The molecular formula is C21H28. The van der Waals surface area contributed by atoms with Crippen molar-refractivity contribution in [1.82, 2.24) is 0 Å². The second kappa shape index (κ2) is 7.45. The average molecular weight is 280 g/mol. The van der Waals surface area contributed by atoms with Crippen LogP contribution in [0.5, 0.6) is 0 Å². The predicted molar refractivity (Wildman–Crippen MR) is 94.3 cm³/mol. The summed E-state index contributed by atoms with van der Waals surface area (Å²) in [5.41, 5.74) is 9.01. The van der Waals surface area contributed by atoms with Gasteiger partial charge in [-0.3, -0.25) is 0 Å². The highest BCUT2D eigenvalue weighted by atomic mass is 14.1. The van der Waals surface area contributed by atoms with Gasteiger partial charge in [-0.15, -0.1) is 0 Å². The zero-order chi connectivity index (χ0) is 15.2. The lowest BCUT2D eigenvalue weighted by Crippen LogP contribution is -1.96. The average Bonchev–Trinajstić information content (AvgIpc) is 2.49. The van der Waals surface area contributed by atoms with Gasteiger partial charge in [0.05, 0.1) is 0 Å². The summed E-state index contributed by atoms with van der Waals surface area (Å²) >= 11 is 0. The first-order valence-electron chi connectivity index (χ1n) is 8.15. The lowest BCUT2D eigenvalue weighted by Gasteiger charge is -2.15. The van der Waals surface area contributed by atoms with Crippen molar-refractivity contribution in [2.75, 3.05) is 0 Å². The minimum absolute atomic E-state index is 1.11. The van der Waals surface area contributed by atoms with Crippen molar-refractivity contribution in [3.63, 3.8) is 0 Å². The first kappa shape index (κ1) is 15.8. The van der Waals surface area contributed by atoms with E-state index in [1.165, 1.54) is 36.0 Å². The molecule has 0 bridgehead atoms. The summed E-state index contributed by atoms with van der Waals surface area (Å²) in [6.45, 7) is 8.88. The molecule has 0 atom stereocenters. The number of allylic oxidation sites excluding steroid dienone is 12. The number of hydrogen-bond acceptors (Lipinski definition) is 0. The van der Waals surface area contributed by atoms with Crippen LogP contribution in [-0.2, 0) is 0 Å². The molecule has 0 aromatic rings. The van der Waals surface area contributed by atoms with Crippen LogP contribution in [0, 0.1) is 0 Å². The lowest BCUT2D eigenvalue weighted by molar-refractivity contribution is 0.794. The summed E-state index contributed by atoms with van der Waals surface area (Å²) < 4.78 is 0. The molecule has 2 aliphatic rings. The van der Waals surface area contributed by atoms with Gasteiger partial charge < -0.3 is 0 Å². The zero-order valence-electron chi connectivity index (χ0n) is 14.0. The van der Waals surface area contributed by atoms with Crippen molar-refractivity contribution >= 4 is 0 Å². The van der Waals surface area contributed by atoms with E-state index in [2.05, 4.69) is 64.2 Å². The minimum atomic E-state index is 1.11. The smallest absolute Gasteiger partial charge is 0.00673 e. The van der Waals surface area contributed by atoms with Crippen LogP contribution in [0.3, 0.4) is 0 Å². The summed E-state index contributed by atoms with van der Waals surface area (Å²) in [7, 11) is 0. The Kier molecular flexibility index (Phi) is 5.61. The predicted octanol–water partition coefficient (Wildman–Crippen LogP) is 6.60. The Morgan fingerprint density at radius 1 is 1.14 bits per heavy atom. The monoisotopic (exact) mass is 280 g/mol. The highest BCUT2D eigenvalue weighted by Gasteiger charge is 2.08. The van der Waals surface area contributed by atoms with Crippen molar-refractivity contribution in [2.45, 2.75) is 59.8 Å². The van der Waals surface area contributed by atoms with E-state index in [-0.39, 0.29) is 0 Å². The molecular weight excluding hydrogens is 252 g/mol. The van der Waals surface area contributed by atoms with E-state index < -0.39 is 0 Å². The molecule has 0 heteroatoms. The molecule has 2 rings (SSSR count). The van der Waals surface area contributed by atoms with E-state index >= 15 is 0 Å². The third-order valence-electron chi connectivity index (χ3n) is 4.62. The third-order valence-corrected chi connectivity index (χ3v) is 4.62. The molecule has 0 amide bonds. The molecule has 0 unspecified atom stereocenters. The van der Waals surface area contributed by atoms with Gasteiger partial charge in [0.15, 0.2) is 0 Å². The van der Waals surface area contributed by atoms with Crippen LogP contribution in [0.4, 0.5) is 0 Å². The normalized spacial score (nSPS) is 22.9. The van der Waals surface area contributed by atoms with Gasteiger partial charge in [-0.1, -0.05) is 53.2 Å². The summed E-state index contributed by atoms with van der Waals surface area (Å²) in [6.07, 6.45) is 19.6. The molecule has 0 spiro atoms. The largest absolute Gasteiger partial charge is 0.0841 e. The van der Waals surface area contributed by atoms with Gasteiger partial charge >= 0.3 is 0 Å². The van der Waals surface area contributed by atoms with Gasteiger partial charge in [-0.05, 0) is 76.5 Å². The molecule has 0 radical (unpaired) electrons. The molecule has 21 heavy (non-hydrogen) atoms. The van der Waals surface area contributed by atoms with Gasteiger partial charge in [0, 0.05) is 0 Å². The Hall–Kier alpha value is -1.56. The summed E-state index contributed by atoms with van der Waals surface area (Å²) in [5.74, 6) is 0. The van der Waals surface area contributed by atoms with Crippen molar-refractivity contribution < 1.29 is 0 Å². The maximum Gasteiger partial charge on any atom is -0.00673 e. The SMILES string of the molecule is C/C=C1\C=CC(CCC/C(C)=C2\C=CC(C)=CC2)=C(C)C1. The number of hydrogen-bond donors (Lipinski definition) is 0. The van der Waals surface area contributed by atoms with E-state index in [0.717, 1.165) is 12.8 Å².